The SMILES string of the molecule is C[NH+](CC(=O)NCc1ccccc1)Cc1ccc(Cl)cc1Cl. The van der Waals surface area contributed by atoms with Crippen LogP contribution in [0.25, 0.3) is 0 Å². The number of rotatable bonds is 6. The van der Waals surface area contributed by atoms with Gasteiger partial charge in [0, 0.05) is 17.1 Å². The predicted octanol–water partition coefficient (Wildman–Crippen LogP) is 2.32. The van der Waals surface area contributed by atoms with Crippen molar-refractivity contribution in [2.45, 2.75) is 13.1 Å². The first-order valence-corrected chi connectivity index (χ1v) is 7.86. The Hall–Kier alpha value is -1.55. The van der Waals surface area contributed by atoms with Gasteiger partial charge in [0.2, 0.25) is 0 Å². The van der Waals surface area contributed by atoms with Crippen molar-refractivity contribution < 1.29 is 9.69 Å². The van der Waals surface area contributed by atoms with Crippen LogP contribution in [-0.2, 0) is 17.9 Å². The van der Waals surface area contributed by atoms with Crippen molar-refractivity contribution in [1.82, 2.24) is 5.32 Å². The average Bonchev–Trinajstić information content (AvgIpc) is 2.49. The zero-order valence-corrected chi connectivity index (χ0v) is 13.9. The summed E-state index contributed by atoms with van der Waals surface area (Å²) >= 11 is 12.0. The van der Waals surface area contributed by atoms with Gasteiger partial charge in [0.05, 0.1) is 12.1 Å². The van der Waals surface area contributed by atoms with Crippen molar-refractivity contribution in [3.63, 3.8) is 0 Å². The molecule has 2 rings (SSSR count). The highest BCUT2D eigenvalue weighted by Gasteiger charge is 2.12. The molecular weight excluding hydrogens is 319 g/mol. The van der Waals surface area contributed by atoms with Crippen molar-refractivity contribution in [2.24, 2.45) is 0 Å². The Morgan fingerprint density at radius 1 is 1.14 bits per heavy atom. The third-order valence-corrected chi connectivity index (χ3v) is 3.89. The molecule has 5 heteroatoms. The molecule has 0 bridgehead atoms. The summed E-state index contributed by atoms with van der Waals surface area (Å²) in [5.74, 6) is 0.0199. The highest BCUT2D eigenvalue weighted by atomic mass is 35.5. The second-order valence-corrected chi connectivity index (χ2v) is 6.15. The molecule has 0 aliphatic carbocycles. The van der Waals surface area contributed by atoms with E-state index in [1.54, 1.807) is 6.07 Å². The molecule has 22 heavy (non-hydrogen) atoms. The fourth-order valence-electron chi connectivity index (χ4n) is 2.19. The normalized spacial score (nSPS) is 12.0. The summed E-state index contributed by atoms with van der Waals surface area (Å²) in [4.78, 5) is 13.0. The number of hydrogen-bond donors (Lipinski definition) is 2. The fraction of sp³-hybridized carbons (Fsp3) is 0.235. The molecule has 2 aromatic rings. The Morgan fingerprint density at radius 2 is 1.86 bits per heavy atom. The Bertz CT molecular complexity index is 632. The monoisotopic (exact) mass is 337 g/mol. The van der Waals surface area contributed by atoms with E-state index in [1.165, 1.54) is 0 Å². The first-order chi connectivity index (χ1) is 10.5. The summed E-state index contributed by atoms with van der Waals surface area (Å²) in [6, 6.07) is 15.3. The summed E-state index contributed by atoms with van der Waals surface area (Å²) in [5.41, 5.74) is 2.08. The van der Waals surface area contributed by atoms with E-state index in [4.69, 9.17) is 23.2 Å². The quantitative estimate of drug-likeness (QED) is 0.833. The van der Waals surface area contributed by atoms with Gasteiger partial charge in [-0.25, -0.2) is 0 Å². The van der Waals surface area contributed by atoms with Crippen LogP contribution in [0.5, 0.6) is 0 Å². The van der Waals surface area contributed by atoms with Crippen LogP contribution < -0.4 is 10.2 Å². The van der Waals surface area contributed by atoms with Gasteiger partial charge in [-0.3, -0.25) is 4.79 Å². The number of likely N-dealkylation sites (N-methyl/N-ethyl adjacent to an activating group) is 1. The van der Waals surface area contributed by atoms with Crippen LogP contribution >= 0.6 is 23.2 Å². The summed E-state index contributed by atoms with van der Waals surface area (Å²) in [7, 11) is 1.97. The number of carbonyl (C=O) groups excluding carboxylic acids is 1. The van der Waals surface area contributed by atoms with Gasteiger partial charge in [0.1, 0.15) is 6.54 Å². The fourth-order valence-corrected chi connectivity index (χ4v) is 2.66. The minimum absolute atomic E-state index is 0.0199. The van der Waals surface area contributed by atoms with Gasteiger partial charge in [-0.15, -0.1) is 0 Å². The Morgan fingerprint density at radius 3 is 2.55 bits per heavy atom. The van der Waals surface area contributed by atoms with Crippen LogP contribution in [0.15, 0.2) is 48.5 Å². The smallest absolute Gasteiger partial charge is 0.275 e. The molecule has 3 nitrogen and oxygen atoms in total. The number of carbonyl (C=O) groups is 1. The van der Waals surface area contributed by atoms with Crippen molar-refractivity contribution in [3.05, 3.63) is 69.7 Å². The molecule has 0 aromatic heterocycles. The Labute approximate surface area is 140 Å². The van der Waals surface area contributed by atoms with E-state index in [-0.39, 0.29) is 5.91 Å². The maximum atomic E-state index is 12.0. The number of nitrogens with one attached hydrogen (secondary N) is 2. The number of halogens is 2. The van der Waals surface area contributed by atoms with Crippen LogP contribution in [0.2, 0.25) is 10.0 Å². The van der Waals surface area contributed by atoms with E-state index in [0.29, 0.717) is 29.7 Å². The largest absolute Gasteiger partial charge is 0.347 e. The maximum absolute atomic E-state index is 12.0. The number of benzene rings is 2. The molecule has 2 aromatic carbocycles. The lowest BCUT2D eigenvalue weighted by molar-refractivity contribution is -0.885. The van der Waals surface area contributed by atoms with Crippen LogP contribution in [-0.4, -0.2) is 19.5 Å². The van der Waals surface area contributed by atoms with E-state index >= 15 is 0 Å². The lowest BCUT2D eigenvalue weighted by Gasteiger charge is -2.15. The molecule has 1 atom stereocenters. The topological polar surface area (TPSA) is 33.5 Å². The van der Waals surface area contributed by atoms with Gasteiger partial charge in [0.25, 0.3) is 5.91 Å². The Kier molecular flexibility index (Phi) is 6.25. The minimum Gasteiger partial charge on any atom is -0.347 e. The summed E-state index contributed by atoms with van der Waals surface area (Å²) in [5, 5.41) is 4.18. The third-order valence-electron chi connectivity index (χ3n) is 3.30. The average molecular weight is 338 g/mol. The highest BCUT2D eigenvalue weighted by molar-refractivity contribution is 6.35. The molecular formula is C17H19Cl2N2O+. The predicted molar refractivity (Wildman–Crippen MR) is 90.2 cm³/mol. The first-order valence-electron chi connectivity index (χ1n) is 7.10. The summed E-state index contributed by atoms with van der Waals surface area (Å²) < 4.78 is 0. The van der Waals surface area contributed by atoms with Crippen LogP contribution in [0.1, 0.15) is 11.1 Å². The zero-order chi connectivity index (χ0) is 15.9. The van der Waals surface area contributed by atoms with E-state index in [2.05, 4.69) is 5.32 Å². The molecule has 116 valence electrons. The first kappa shape index (κ1) is 16.8. The zero-order valence-electron chi connectivity index (χ0n) is 12.4. The van der Waals surface area contributed by atoms with Crippen LogP contribution in [0.4, 0.5) is 0 Å². The van der Waals surface area contributed by atoms with Crippen molar-refractivity contribution in [3.8, 4) is 0 Å². The van der Waals surface area contributed by atoms with E-state index in [0.717, 1.165) is 16.0 Å². The van der Waals surface area contributed by atoms with E-state index in [9.17, 15) is 4.79 Å². The van der Waals surface area contributed by atoms with Gasteiger partial charge in [-0.2, -0.15) is 0 Å². The molecule has 0 aliphatic heterocycles. The number of hydrogen-bond acceptors (Lipinski definition) is 1. The molecule has 1 amide bonds. The van der Waals surface area contributed by atoms with Crippen LogP contribution in [0.3, 0.4) is 0 Å². The van der Waals surface area contributed by atoms with Crippen molar-refractivity contribution in [1.29, 1.82) is 0 Å². The number of amides is 1. The maximum Gasteiger partial charge on any atom is 0.275 e. The highest BCUT2D eigenvalue weighted by Crippen LogP contribution is 2.20. The molecule has 0 fully saturated rings. The molecule has 2 N–H and O–H groups in total. The van der Waals surface area contributed by atoms with Gasteiger partial charge >= 0.3 is 0 Å². The van der Waals surface area contributed by atoms with Gasteiger partial charge in [0.15, 0.2) is 6.54 Å². The third kappa shape index (κ3) is 5.34. The molecule has 0 saturated carbocycles. The second kappa shape index (κ2) is 8.18. The Balaban J connectivity index is 1.81. The molecule has 1 unspecified atom stereocenters. The lowest BCUT2D eigenvalue weighted by atomic mass is 10.2. The summed E-state index contributed by atoms with van der Waals surface area (Å²) in [6.45, 7) is 1.62. The van der Waals surface area contributed by atoms with Crippen LogP contribution in [0, 0.1) is 0 Å². The molecule has 0 aliphatic rings. The lowest BCUT2D eigenvalue weighted by Crippen LogP contribution is -3.08. The molecule has 0 saturated heterocycles. The number of quaternary nitrogens is 1. The van der Waals surface area contributed by atoms with Gasteiger partial charge < -0.3 is 10.2 Å². The van der Waals surface area contributed by atoms with Gasteiger partial charge in [-0.1, -0.05) is 59.6 Å². The van der Waals surface area contributed by atoms with Gasteiger partial charge in [-0.05, 0) is 17.7 Å². The van der Waals surface area contributed by atoms with E-state index in [1.807, 2.05) is 49.5 Å². The standard InChI is InChI=1S/C17H18Cl2N2O/c1-21(11-14-7-8-15(18)9-16(14)19)12-17(22)20-10-13-5-3-2-4-6-13/h2-9H,10-12H2,1H3,(H,20,22)/p+1. The molecule has 0 heterocycles. The van der Waals surface area contributed by atoms with Crippen molar-refractivity contribution >= 4 is 29.1 Å². The second-order valence-electron chi connectivity index (χ2n) is 5.31. The summed E-state index contributed by atoms with van der Waals surface area (Å²) in [6.07, 6.45) is 0. The minimum atomic E-state index is 0.0199. The van der Waals surface area contributed by atoms with Crippen molar-refractivity contribution in [2.75, 3.05) is 13.6 Å². The molecule has 0 radical (unpaired) electrons. The van der Waals surface area contributed by atoms with E-state index < -0.39 is 0 Å². The molecule has 0 spiro atoms.